The summed E-state index contributed by atoms with van der Waals surface area (Å²) in [5.74, 6) is 0.820. The number of fused-ring (bicyclic) bond motifs is 1. The lowest BCUT2D eigenvalue weighted by Crippen LogP contribution is -2.52. The zero-order valence-corrected chi connectivity index (χ0v) is 18.7. The number of halogens is 1. The van der Waals surface area contributed by atoms with Crippen LogP contribution in [0.1, 0.15) is 36.0 Å². The Morgan fingerprint density at radius 3 is 2.45 bits per heavy atom. The molecule has 2 aromatic rings. The van der Waals surface area contributed by atoms with Gasteiger partial charge >= 0.3 is 0 Å². The third-order valence-electron chi connectivity index (χ3n) is 6.96. The molecule has 2 aliphatic heterocycles. The Morgan fingerprint density at radius 2 is 1.81 bits per heavy atom. The number of nitrogens with zero attached hydrogens (tertiary/aromatic N) is 2. The Morgan fingerprint density at radius 1 is 1.16 bits per heavy atom. The Balaban J connectivity index is 1.33. The summed E-state index contributed by atoms with van der Waals surface area (Å²) in [5, 5.41) is 13.9. The van der Waals surface area contributed by atoms with Crippen LogP contribution in [-0.4, -0.2) is 77.6 Å². The summed E-state index contributed by atoms with van der Waals surface area (Å²) in [6.45, 7) is 3.27. The van der Waals surface area contributed by atoms with Gasteiger partial charge in [-0.1, -0.05) is 17.7 Å². The third kappa shape index (κ3) is 4.89. The highest BCUT2D eigenvalue weighted by molar-refractivity contribution is 6.35. The minimum absolute atomic E-state index is 0.207. The van der Waals surface area contributed by atoms with E-state index in [1.807, 2.05) is 0 Å². The SMILES string of the molecule is CN1CCC(C2CCN(C(=O)[C@H](CO)NC(=O)c3ccc4c(Cl)c[nH]c4c3)CC2)CC1. The first kappa shape index (κ1) is 22.1. The molecule has 7 nitrogen and oxygen atoms in total. The largest absolute Gasteiger partial charge is 0.394 e. The molecule has 168 valence electrons. The molecule has 1 aromatic heterocycles. The molecular weight excluding hydrogens is 416 g/mol. The molecule has 4 rings (SSSR count). The van der Waals surface area contributed by atoms with E-state index in [4.69, 9.17) is 11.6 Å². The number of nitrogens with one attached hydrogen (secondary N) is 2. The highest BCUT2D eigenvalue weighted by atomic mass is 35.5. The normalized spacial score (nSPS) is 20.2. The van der Waals surface area contributed by atoms with Gasteiger partial charge in [-0.2, -0.15) is 0 Å². The van der Waals surface area contributed by atoms with Crippen LogP contribution in [0.5, 0.6) is 0 Å². The minimum atomic E-state index is -0.935. The number of hydrogen-bond acceptors (Lipinski definition) is 4. The molecule has 2 amide bonds. The number of piperidine rings is 2. The minimum Gasteiger partial charge on any atom is -0.394 e. The molecule has 1 aromatic carbocycles. The summed E-state index contributed by atoms with van der Waals surface area (Å²) in [5.41, 5.74) is 1.17. The van der Waals surface area contributed by atoms with Crippen molar-refractivity contribution in [2.75, 3.05) is 39.8 Å². The average molecular weight is 447 g/mol. The number of benzene rings is 1. The van der Waals surface area contributed by atoms with E-state index in [-0.39, 0.29) is 11.8 Å². The van der Waals surface area contributed by atoms with Crippen molar-refractivity contribution in [2.24, 2.45) is 11.8 Å². The lowest BCUT2D eigenvalue weighted by molar-refractivity contribution is -0.136. The van der Waals surface area contributed by atoms with E-state index in [1.165, 1.54) is 12.8 Å². The van der Waals surface area contributed by atoms with Crippen LogP contribution in [0.3, 0.4) is 0 Å². The smallest absolute Gasteiger partial charge is 0.252 e. The number of carbonyl (C=O) groups is 2. The number of aliphatic hydroxyl groups is 1. The monoisotopic (exact) mass is 446 g/mol. The van der Waals surface area contributed by atoms with Crippen LogP contribution < -0.4 is 5.32 Å². The van der Waals surface area contributed by atoms with Crippen molar-refractivity contribution in [3.05, 3.63) is 35.0 Å². The van der Waals surface area contributed by atoms with Crippen molar-refractivity contribution >= 4 is 34.3 Å². The number of hydrogen-bond donors (Lipinski definition) is 3. The predicted molar refractivity (Wildman–Crippen MR) is 121 cm³/mol. The first-order valence-corrected chi connectivity index (χ1v) is 11.5. The molecule has 0 saturated carbocycles. The van der Waals surface area contributed by atoms with E-state index in [2.05, 4.69) is 22.2 Å². The van der Waals surface area contributed by atoms with E-state index >= 15 is 0 Å². The van der Waals surface area contributed by atoms with Crippen molar-refractivity contribution in [3.63, 3.8) is 0 Å². The van der Waals surface area contributed by atoms with Gasteiger partial charge in [0.25, 0.3) is 5.91 Å². The second kappa shape index (κ2) is 9.59. The highest BCUT2D eigenvalue weighted by Gasteiger charge is 2.33. The van der Waals surface area contributed by atoms with E-state index in [9.17, 15) is 14.7 Å². The summed E-state index contributed by atoms with van der Waals surface area (Å²) < 4.78 is 0. The van der Waals surface area contributed by atoms with Gasteiger partial charge in [0, 0.05) is 35.8 Å². The van der Waals surface area contributed by atoms with E-state index in [0.29, 0.717) is 29.6 Å². The second-order valence-electron chi connectivity index (χ2n) is 8.91. The quantitative estimate of drug-likeness (QED) is 0.658. The number of aliphatic hydroxyl groups excluding tert-OH is 1. The number of aromatic amines is 1. The molecule has 2 aliphatic rings. The summed E-state index contributed by atoms with van der Waals surface area (Å²) in [6.07, 6.45) is 6.14. The second-order valence-corrected chi connectivity index (χ2v) is 9.32. The molecule has 0 bridgehead atoms. The highest BCUT2D eigenvalue weighted by Crippen LogP contribution is 2.32. The molecule has 2 fully saturated rings. The molecule has 0 unspecified atom stereocenters. The maximum atomic E-state index is 13.0. The lowest BCUT2D eigenvalue weighted by Gasteiger charge is -2.40. The molecule has 0 spiro atoms. The first-order valence-electron chi connectivity index (χ1n) is 11.1. The molecule has 31 heavy (non-hydrogen) atoms. The zero-order chi connectivity index (χ0) is 22.0. The van der Waals surface area contributed by atoms with Gasteiger partial charge in [0.2, 0.25) is 5.91 Å². The van der Waals surface area contributed by atoms with Crippen LogP contribution in [-0.2, 0) is 4.79 Å². The molecule has 0 aliphatic carbocycles. The Hall–Kier alpha value is -2.09. The van der Waals surface area contributed by atoms with Crippen molar-refractivity contribution in [3.8, 4) is 0 Å². The summed E-state index contributed by atoms with van der Waals surface area (Å²) in [4.78, 5) is 32.8. The number of aromatic nitrogens is 1. The average Bonchev–Trinajstić information content (AvgIpc) is 3.17. The number of rotatable bonds is 5. The maximum Gasteiger partial charge on any atom is 0.252 e. The van der Waals surface area contributed by atoms with Gasteiger partial charge in [-0.25, -0.2) is 0 Å². The molecular formula is C23H31ClN4O3. The third-order valence-corrected chi connectivity index (χ3v) is 7.27. The topological polar surface area (TPSA) is 88.7 Å². The van der Waals surface area contributed by atoms with Crippen LogP contribution in [0.4, 0.5) is 0 Å². The number of amides is 2. The van der Waals surface area contributed by atoms with Crippen molar-refractivity contribution in [2.45, 2.75) is 31.7 Å². The van der Waals surface area contributed by atoms with Gasteiger partial charge in [0.05, 0.1) is 11.6 Å². The van der Waals surface area contributed by atoms with Gasteiger partial charge in [-0.15, -0.1) is 0 Å². The van der Waals surface area contributed by atoms with Crippen molar-refractivity contribution < 1.29 is 14.7 Å². The van der Waals surface area contributed by atoms with Gasteiger partial charge in [0.15, 0.2) is 0 Å². The maximum absolute atomic E-state index is 13.0. The summed E-state index contributed by atoms with van der Waals surface area (Å²) in [7, 11) is 2.17. The fraction of sp³-hybridized carbons (Fsp3) is 0.565. The molecule has 8 heteroatoms. The molecule has 3 N–H and O–H groups in total. The van der Waals surface area contributed by atoms with Gasteiger partial charge in [-0.05, 0) is 69.8 Å². The van der Waals surface area contributed by atoms with Gasteiger partial charge in [-0.3, -0.25) is 9.59 Å². The number of H-pyrrole nitrogens is 1. The zero-order valence-electron chi connectivity index (χ0n) is 17.9. The van der Waals surface area contributed by atoms with Crippen molar-refractivity contribution in [1.29, 1.82) is 0 Å². The Labute approximate surface area is 187 Å². The van der Waals surface area contributed by atoms with E-state index in [0.717, 1.165) is 42.8 Å². The Bertz CT molecular complexity index is 930. The number of carbonyl (C=O) groups excluding carboxylic acids is 2. The standard InChI is InChI=1S/C23H31ClN4O3/c1-27-8-4-15(5-9-27)16-6-10-28(11-7-16)23(31)21(14-29)26-22(30)17-2-3-18-19(24)13-25-20(18)12-17/h2-3,12-13,15-16,21,25,29H,4-11,14H2,1H3,(H,26,30)/t21-/m0/s1. The first-order chi connectivity index (χ1) is 15.0. The predicted octanol–water partition coefficient (Wildman–Crippen LogP) is 2.49. The summed E-state index contributed by atoms with van der Waals surface area (Å²) in [6, 6.07) is 4.20. The Kier molecular flexibility index (Phi) is 6.84. The van der Waals surface area contributed by atoms with Crippen LogP contribution in [0.2, 0.25) is 5.02 Å². The lowest BCUT2D eigenvalue weighted by atomic mass is 9.79. The number of likely N-dealkylation sites (tertiary alicyclic amines) is 2. The van der Waals surface area contributed by atoms with Crippen LogP contribution in [0, 0.1) is 11.8 Å². The van der Waals surface area contributed by atoms with Gasteiger partial charge in [0.1, 0.15) is 6.04 Å². The van der Waals surface area contributed by atoms with Crippen LogP contribution in [0.15, 0.2) is 24.4 Å². The fourth-order valence-corrected chi connectivity index (χ4v) is 5.19. The molecule has 2 saturated heterocycles. The molecule has 3 heterocycles. The van der Waals surface area contributed by atoms with E-state index < -0.39 is 12.6 Å². The summed E-state index contributed by atoms with van der Waals surface area (Å²) >= 11 is 6.09. The molecule has 1 atom stereocenters. The fourth-order valence-electron chi connectivity index (χ4n) is 4.97. The van der Waals surface area contributed by atoms with E-state index in [1.54, 1.807) is 29.3 Å². The van der Waals surface area contributed by atoms with Crippen LogP contribution in [0.25, 0.3) is 10.9 Å². The van der Waals surface area contributed by atoms with Crippen molar-refractivity contribution in [1.82, 2.24) is 20.1 Å². The van der Waals surface area contributed by atoms with Gasteiger partial charge < -0.3 is 25.2 Å². The van der Waals surface area contributed by atoms with Crippen LogP contribution >= 0.6 is 11.6 Å². The molecule has 0 radical (unpaired) electrons.